The Hall–Kier alpha value is -2.71. The molecule has 1 aliphatic heterocycles. The van der Waals surface area contributed by atoms with E-state index in [0.29, 0.717) is 43.3 Å². The van der Waals surface area contributed by atoms with Crippen LogP contribution < -0.4 is 4.74 Å². The predicted molar refractivity (Wildman–Crippen MR) is 107 cm³/mol. The SMILES string of the molecule is Cc1ccc([N+](=O)[O-])c(OCC(=O)N2CCN(Cc3c(F)cccc3Cl)CC2)c1. The van der Waals surface area contributed by atoms with E-state index in [2.05, 4.69) is 0 Å². The van der Waals surface area contributed by atoms with Gasteiger partial charge in [-0.3, -0.25) is 19.8 Å². The number of rotatable bonds is 6. The molecule has 154 valence electrons. The number of nitro benzene ring substituents is 1. The topological polar surface area (TPSA) is 75.9 Å². The first-order valence-corrected chi connectivity index (χ1v) is 9.54. The third-order valence-corrected chi connectivity index (χ3v) is 5.19. The Balaban J connectivity index is 1.53. The van der Waals surface area contributed by atoms with Crippen molar-refractivity contribution in [3.05, 3.63) is 68.5 Å². The highest BCUT2D eigenvalue weighted by Crippen LogP contribution is 2.28. The van der Waals surface area contributed by atoms with Gasteiger partial charge >= 0.3 is 5.69 Å². The van der Waals surface area contributed by atoms with Crippen LogP contribution in [0.15, 0.2) is 36.4 Å². The van der Waals surface area contributed by atoms with Crippen molar-refractivity contribution in [1.29, 1.82) is 0 Å². The van der Waals surface area contributed by atoms with Gasteiger partial charge in [-0.15, -0.1) is 0 Å². The van der Waals surface area contributed by atoms with Crippen LogP contribution >= 0.6 is 11.6 Å². The maximum absolute atomic E-state index is 13.9. The monoisotopic (exact) mass is 421 g/mol. The predicted octanol–water partition coefficient (Wildman–Crippen LogP) is 3.42. The van der Waals surface area contributed by atoms with Gasteiger partial charge in [-0.25, -0.2) is 4.39 Å². The van der Waals surface area contributed by atoms with E-state index in [1.807, 2.05) is 4.90 Å². The molecule has 0 aromatic heterocycles. The van der Waals surface area contributed by atoms with Crippen molar-refractivity contribution in [1.82, 2.24) is 9.80 Å². The van der Waals surface area contributed by atoms with Crippen LogP contribution in [0.3, 0.4) is 0 Å². The van der Waals surface area contributed by atoms with E-state index in [4.69, 9.17) is 16.3 Å². The Bertz CT molecular complexity index is 896. The summed E-state index contributed by atoms with van der Waals surface area (Å²) in [5.74, 6) is -0.510. The highest BCUT2D eigenvalue weighted by Gasteiger charge is 2.24. The summed E-state index contributed by atoms with van der Waals surface area (Å²) in [6, 6.07) is 9.12. The van der Waals surface area contributed by atoms with Crippen molar-refractivity contribution in [2.45, 2.75) is 13.5 Å². The summed E-state index contributed by atoms with van der Waals surface area (Å²) >= 11 is 6.08. The van der Waals surface area contributed by atoms with Crippen LogP contribution in [-0.4, -0.2) is 53.4 Å². The lowest BCUT2D eigenvalue weighted by Crippen LogP contribution is -2.49. The molecule has 0 spiro atoms. The molecular formula is C20H21ClFN3O4. The number of nitrogens with zero attached hydrogens (tertiary/aromatic N) is 3. The van der Waals surface area contributed by atoms with Gasteiger partial charge in [-0.2, -0.15) is 0 Å². The van der Waals surface area contributed by atoms with Gasteiger partial charge in [0.1, 0.15) is 5.82 Å². The third kappa shape index (κ3) is 5.21. The summed E-state index contributed by atoms with van der Waals surface area (Å²) in [6.45, 7) is 3.96. The van der Waals surface area contributed by atoms with E-state index >= 15 is 0 Å². The molecule has 0 bridgehead atoms. The van der Waals surface area contributed by atoms with Crippen LogP contribution in [0, 0.1) is 22.9 Å². The second-order valence-electron chi connectivity index (χ2n) is 6.87. The smallest absolute Gasteiger partial charge is 0.310 e. The standard InChI is InChI=1S/C20H21ClFN3O4/c1-14-5-6-18(25(27)28)19(11-14)29-13-20(26)24-9-7-23(8-10-24)12-15-16(21)3-2-4-17(15)22/h2-6,11H,7-10,12-13H2,1H3. The lowest BCUT2D eigenvalue weighted by Gasteiger charge is -2.34. The van der Waals surface area contributed by atoms with Crippen LogP contribution in [0.4, 0.5) is 10.1 Å². The van der Waals surface area contributed by atoms with E-state index in [9.17, 15) is 19.3 Å². The lowest BCUT2D eigenvalue weighted by molar-refractivity contribution is -0.385. The number of hydrogen-bond acceptors (Lipinski definition) is 5. The molecule has 3 rings (SSSR count). The van der Waals surface area contributed by atoms with Gasteiger partial charge < -0.3 is 9.64 Å². The fraction of sp³-hybridized carbons (Fsp3) is 0.350. The highest BCUT2D eigenvalue weighted by molar-refractivity contribution is 6.31. The number of halogens is 2. The molecule has 7 nitrogen and oxygen atoms in total. The quantitative estimate of drug-likeness (QED) is 0.527. The van der Waals surface area contributed by atoms with Gasteiger partial charge in [0.25, 0.3) is 5.91 Å². The molecule has 1 fully saturated rings. The number of nitro groups is 1. The van der Waals surface area contributed by atoms with E-state index in [-0.39, 0.29) is 29.8 Å². The van der Waals surface area contributed by atoms with E-state index in [0.717, 1.165) is 5.56 Å². The molecule has 1 saturated heterocycles. The molecule has 0 radical (unpaired) electrons. The fourth-order valence-corrected chi connectivity index (χ4v) is 3.40. The molecule has 1 aliphatic rings. The minimum absolute atomic E-state index is 0.0798. The number of hydrogen-bond donors (Lipinski definition) is 0. The van der Waals surface area contributed by atoms with Crippen molar-refractivity contribution in [3.63, 3.8) is 0 Å². The Kier molecular flexibility index (Phi) is 6.66. The number of ether oxygens (including phenoxy) is 1. The van der Waals surface area contributed by atoms with E-state index in [1.165, 1.54) is 12.1 Å². The molecule has 0 saturated carbocycles. The van der Waals surface area contributed by atoms with Crippen molar-refractivity contribution in [2.75, 3.05) is 32.8 Å². The number of carbonyl (C=O) groups excluding carboxylic acids is 1. The van der Waals surface area contributed by atoms with Gasteiger partial charge in [0, 0.05) is 49.4 Å². The largest absolute Gasteiger partial charge is 0.477 e. The number of benzene rings is 2. The second-order valence-corrected chi connectivity index (χ2v) is 7.28. The van der Waals surface area contributed by atoms with Gasteiger partial charge in [0.2, 0.25) is 0 Å². The first-order chi connectivity index (χ1) is 13.8. The lowest BCUT2D eigenvalue weighted by atomic mass is 10.2. The highest BCUT2D eigenvalue weighted by atomic mass is 35.5. The van der Waals surface area contributed by atoms with Crippen molar-refractivity contribution in [2.24, 2.45) is 0 Å². The summed E-state index contributed by atoms with van der Waals surface area (Å²) in [7, 11) is 0. The fourth-order valence-electron chi connectivity index (χ4n) is 3.18. The maximum atomic E-state index is 13.9. The zero-order chi connectivity index (χ0) is 21.0. The molecule has 2 aromatic carbocycles. The van der Waals surface area contributed by atoms with Gasteiger partial charge in [0.15, 0.2) is 12.4 Å². The third-order valence-electron chi connectivity index (χ3n) is 4.83. The van der Waals surface area contributed by atoms with Crippen LogP contribution in [0.2, 0.25) is 5.02 Å². The first-order valence-electron chi connectivity index (χ1n) is 9.16. The molecule has 0 aliphatic carbocycles. The van der Waals surface area contributed by atoms with Crippen LogP contribution in [0.25, 0.3) is 0 Å². The summed E-state index contributed by atoms with van der Waals surface area (Å²) < 4.78 is 19.4. The van der Waals surface area contributed by atoms with Crippen LogP contribution in [0.1, 0.15) is 11.1 Å². The normalized spacial score (nSPS) is 14.7. The summed E-state index contributed by atoms with van der Waals surface area (Å²) in [5.41, 5.74) is 1.08. The Labute approximate surface area is 172 Å². The van der Waals surface area contributed by atoms with Crippen molar-refractivity contribution in [3.8, 4) is 5.75 Å². The van der Waals surface area contributed by atoms with E-state index < -0.39 is 4.92 Å². The van der Waals surface area contributed by atoms with Crippen LogP contribution in [-0.2, 0) is 11.3 Å². The van der Waals surface area contributed by atoms with Crippen molar-refractivity contribution >= 4 is 23.2 Å². The number of amides is 1. The van der Waals surface area contributed by atoms with Crippen molar-refractivity contribution < 1.29 is 18.8 Å². The summed E-state index contributed by atoms with van der Waals surface area (Å²) in [5, 5.41) is 11.5. The minimum Gasteiger partial charge on any atom is -0.477 e. The average Bonchev–Trinajstić information content (AvgIpc) is 2.69. The summed E-state index contributed by atoms with van der Waals surface area (Å²) in [6.07, 6.45) is 0. The van der Waals surface area contributed by atoms with Gasteiger partial charge in [0.05, 0.1) is 4.92 Å². The molecule has 1 heterocycles. The second kappa shape index (κ2) is 9.19. The van der Waals surface area contributed by atoms with Gasteiger partial charge in [-0.1, -0.05) is 23.7 Å². The number of aryl methyl sites for hydroxylation is 1. The molecular weight excluding hydrogens is 401 g/mol. The molecule has 0 unspecified atom stereocenters. The molecule has 9 heteroatoms. The molecule has 0 N–H and O–H groups in total. The number of carbonyl (C=O) groups is 1. The zero-order valence-corrected chi connectivity index (χ0v) is 16.7. The Morgan fingerprint density at radius 1 is 1.24 bits per heavy atom. The summed E-state index contributed by atoms with van der Waals surface area (Å²) in [4.78, 5) is 26.7. The molecule has 2 aromatic rings. The van der Waals surface area contributed by atoms with E-state index in [1.54, 1.807) is 36.1 Å². The Morgan fingerprint density at radius 2 is 1.97 bits per heavy atom. The minimum atomic E-state index is -0.536. The maximum Gasteiger partial charge on any atom is 0.310 e. The zero-order valence-electron chi connectivity index (χ0n) is 15.9. The Morgan fingerprint density at radius 3 is 2.62 bits per heavy atom. The first kappa shape index (κ1) is 21.0. The van der Waals surface area contributed by atoms with Crippen LogP contribution in [0.5, 0.6) is 5.75 Å². The number of piperazine rings is 1. The average molecular weight is 422 g/mol. The molecule has 29 heavy (non-hydrogen) atoms. The van der Waals surface area contributed by atoms with Gasteiger partial charge in [-0.05, 0) is 30.7 Å². The molecule has 1 amide bonds. The molecule has 0 atom stereocenters.